The molecule has 0 aliphatic carbocycles. The van der Waals surface area contributed by atoms with Gasteiger partial charge in [-0.3, -0.25) is 4.79 Å². The second kappa shape index (κ2) is 36.7. The third-order valence-corrected chi connectivity index (χ3v) is 7.47. The van der Waals surface area contributed by atoms with Gasteiger partial charge in [-0.25, -0.2) is 0 Å². The van der Waals surface area contributed by atoms with Crippen molar-refractivity contribution in [2.24, 2.45) is 5.73 Å². The summed E-state index contributed by atoms with van der Waals surface area (Å²) < 4.78 is 38.7. The van der Waals surface area contributed by atoms with Gasteiger partial charge in [0.1, 0.15) is 6.54 Å². The number of aliphatic hydroxyl groups is 1. The van der Waals surface area contributed by atoms with Gasteiger partial charge in [0.15, 0.2) is 0 Å². The number of hydrogen-bond donors (Lipinski definition) is 4. The predicted molar refractivity (Wildman–Crippen MR) is 226 cm³/mol. The molecule has 0 heterocycles. The van der Waals surface area contributed by atoms with Crippen molar-refractivity contribution in [2.45, 2.75) is 112 Å². The minimum atomic E-state index is -4.46. The Hall–Kier alpha value is -3.66. The lowest BCUT2D eigenvalue weighted by Crippen LogP contribution is -2.48. The summed E-state index contributed by atoms with van der Waals surface area (Å²) in [5, 5.41) is 14.2. The normalized spacial score (nSPS) is 11.4. The zero-order valence-corrected chi connectivity index (χ0v) is 35.0. The maximum atomic E-state index is 13.4. The summed E-state index contributed by atoms with van der Waals surface area (Å²) in [4.78, 5) is 15.6. The summed E-state index contributed by atoms with van der Waals surface area (Å²) >= 11 is 0. The third-order valence-electron chi connectivity index (χ3n) is 7.47. The van der Waals surface area contributed by atoms with Crippen molar-refractivity contribution in [3.05, 3.63) is 115 Å². The lowest BCUT2D eigenvalue weighted by molar-refractivity contribution is -0.141. The second-order valence-electron chi connectivity index (χ2n) is 11.3. The molecule has 0 saturated carbocycles. The van der Waals surface area contributed by atoms with E-state index in [0.29, 0.717) is 24.9 Å². The van der Waals surface area contributed by atoms with Gasteiger partial charge in [0.2, 0.25) is 5.91 Å². The van der Waals surface area contributed by atoms with Crippen molar-refractivity contribution in [3.8, 4) is 0 Å². The van der Waals surface area contributed by atoms with Gasteiger partial charge in [-0.05, 0) is 82.7 Å². The van der Waals surface area contributed by atoms with Crippen LogP contribution in [0.5, 0.6) is 0 Å². The molecule has 3 aromatic carbocycles. The first-order chi connectivity index (χ1) is 25.4. The molecule has 1 amide bonds. The number of nitrogens with two attached hydrogens (primary N) is 1. The molecule has 0 radical (unpaired) electrons. The number of unbranched alkanes of at least 4 members (excludes halogenated alkanes) is 2. The van der Waals surface area contributed by atoms with Crippen LogP contribution >= 0.6 is 0 Å². The zero-order chi connectivity index (χ0) is 41.7. The molecule has 0 fully saturated rings. The highest BCUT2D eigenvalue weighted by Crippen LogP contribution is 2.39. The summed E-state index contributed by atoms with van der Waals surface area (Å²) in [5.74, 6) is -0.607. The van der Waals surface area contributed by atoms with Crippen LogP contribution in [0.2, 0.25) is 0 Å². The lowest BCUT2D eigenvalue weighted by Gasteiger charge is -2.35. The maximum Gasteiger partial charge on any atom is 0.405 e. The fourth-order valence-corrected chi connectivity index (χ4v) is 4.66. The molecule has 3 aromatic rings. The average Bonchev–Trinajstić information content (AvgIpc) is 3.20. The number of aliphatic hydroxyl groups excluding tert-OH is 1. The molecule has 0 spiro atoms. The first-order valence-corrected chi connectivity index (χ1v) is 19.1. The molecular formula is C44H75F3N4O2. The molecule has 0 bridgehead atoms. The van der Waals surface area contributed by atoms with E-state index in [4.69, 9.17) is 5.11 Å². The first-order valence-electron chi connectivity index (χ1n) is 19.1. The molecular weight excluding hydrogens is 674 g/mol. The van der Waals surface area contributed by atoms with E-state index in [1.165, 1.54) is 19.9 Å². The highest BCUT2D eigenvalue weighted by atomic mass is 19.4. The van der Waals surface area contributed by atoms with E-state index in [0.717, 1.165) is 36.3 Å². The van der Waals surface area contributed by atoms with Crippen LogP contribution in [0.4, 0.5) is 18.9 Å². The quantitative estimate of drug-likeness (QED) is 0.0973. The van der Waals surface area contributed by atoms with Crippen LogP contribution in [0, 0.1) is 6.92 Å². The number of carbonyl (C=O) groups excluding carboxylic acids is 1. The molecule has 9 heteroatoms. The summed E-state index contributed by atoms with van der Waals surface area (Å²) in [6, 6.07) is 26.5. The Morgan fingerprint density at radius 3 is 1.74 bits per heavy atom. The van der Waals surface area contributed by atoms with Crippen molar-refractivity contribution >= 4 is 11.6 Å². The van der Waals surface area contributed by atoms with Gasteiger partial charge in [-0.2, -0.15) is 13.2 Å². The lowest BCUT2D eigenvalue weighted by atomic mass is 9.69. The molecule has 0 saturated heterocycles. The molecule has 0 aromatic heterocycles. The van der Waals surface area contributed by atoms with E-state index in [1.807, 2.05) is 127 Å². The van der Waals surface area contributed by atoms with Crippen LogP contribution in [-0.4, -0.2) is 68.5 Å². The van der Waals surface area contributed by atoms with Gasteiger partial charge >= 0.3 is 6.18 Å². The summed E-state index contributed by atoms with van der Waals surface area (Å²) in [6.07, 6.45) is -0.114. The Morgan fingerprint density at radius 1 is 0.830 bits per heavy atom. The number of amides is 1. The topological polar surface area (TPSA) is 90.6 Å². The number of alkyl halides is 3. The number of hydrogen-bond acceptors (Lipinski definition) is 5. The van der Waals surface area contributed by atoms with E-state index in [2.05, 4.69) is 55.2 Å². The van der Waals surface area contributed by atoms with Crippen molar-refractivity contribution < 1.29 is 23.1 Å². The smallest absolute Gasteiger partial charge is 0.392 e. The van der Waals surface area contributed by atoms with Crippen molar-refractivity contribution in [2.75, 3.05) is 45.6 Å². The number of benzene rings is 3. The highest BCUT2D eigenvalue weighted by molar-refractivity contribution is 5.92. The van der Waals surface area contributed by atoms with Gasteiger partial charge in [0.25, 0.3) is 0 Å². The van der Waals surface area contributed by atoms with Crippen LogP contribution in [0.3, 0.4) is 0 Å². The van der Waals surface area contributed by atoms with Crippen LogP contribution in [0.15, 0.2) is 98.1 Å². The average molecular weight is 749 g/mol. The van der Waals surface area contributed by atoms with Gasteiger partial charge in [0, 0.05) is 12.2 Å². The number of anilines is 1. The second-order valence-corrected chi connectivity index (χ2v) is 11.3. The number of para-hydroxylation sites is 1. The number of carbonyl (C=O) groups is 1. The van der Waals surface area contributed by atoms with Crippen LogP contribution in [0.1, 0.15) is 104 Å². The fraction of sp³-hybridized carbons (Fsp3) is 0.523. The van der Waals surface area contributed by atoms with E-state index < -0.39 is 24.0 Å². The number of rotatable bonds is 14. The van der Waals surface area contributed by atoms with Gasteiger partial charge in [-0.15, -0.1) is 13.2 Å². The van der Waals surface area contributed by atoms with Gasteiger partial charge in [0.05, 0.1) is 11.5 Å². The van der Waals surface area contributed by atoms with Crippen molar-refractivity contribution in [1.82, 2.24) is 10.2 Å². The first kappa shape index (κ1) is 56.1. The van der Waals surface area contributed by atoms with Crippen LogP contribution in [0.25, 0.3) is 0 Å². The Kier molecular flexibility index (Phi) is 38.8. The number of aryl methyl sites for hydroxylation is 1. The Bertz CT molecular complexity index is 1210. The highest BCUT2D eigenvalue weighted by Gasteiger charge is 2.43. The van der Waals surface area contributed by atoms with Crippen LogP contribution < -0.4 is 16.4 Å². The number of nitrogens with one attached hydrogen (secondary N) is 2. The van der Waals surface area contributed by atoms with E-state index in [1.54, 1.807) is 6.92 Å². The summed E-state index contributed by atoms with van der Waals surface area (Å²) in [5.41, 5.74) is 6.72. The number of halogens is 3. The Morgan fingerprint density at radius 2 is 1.30 bits per heavy atom. The van der Waals surface area contributed by atoms with E-state index >= 15 is 0 Å². The maximum absolute atomic E-state index is 13.4. The van der Waals surface area contributed by atoms with Gasteiger partial charge in [-0.1, -0.05) is 141 Å². The molecule has 0 aliphatic rings. The molecule has 2 atom stereocenters. The molecule has 3 rings (SSSR count). The zero-order valence-electron chi connectivity index (χ0n) is 35.0. The standard InChI is InChI=1S/C24H31F3N2O.C9H13NO.C4H10.2C2H6.C2H4.CH5N/c1-4-29(3)17-11-10-16-23(20-13-6-5-7-14-20,21-15-9-8-12-19(21)2)22(30)28-18-24(25,26)27;1-8(11)7-10-9-5-3-2-4-6-9;1-3-4-2;4*1-2/h5-9,12-15H,4,10-11,16-18H2,1-3H3,(H,28,30);2-6,8,10-11H,7H2,1H3;3-4H2,1-2H3;2*1-2H3;1-2H2;2H2,1H3. The molecule has 304 valence electrons. The molecule has 6 nitrogen and oxygen atoms in total. The third kappa shape index (κ3) is 25.9. The Labute approximate surface area is 322 Å². The summed E-state index contributed by atoms with van der Waals surface area (Å²) in [6.45, 7) is 25.2. The largest absolute Gasteiger partial charge is 0.405 e. The van der Waals surface area contributed by atoms with Crippen molar-refractivity contribution in [3.63, 3.8) is 0 Å². The number of nitrogens with zero attached hydrogens (tertiary/aromatic N) is 1. The fourth-order valence-electron chi connectivity index (χ4n) is 4.66. The monoisotopic (exact) mass is 749 g/mol. The molecule has 5 N–H and O–H groups in total. The van der Waals surface area contributed by atoms with Crippen molar-refractivity contribution in [1.29, 1.82) is 0 Å². The molecule has 2 unspecified atom stereocenters. The minimum absolute atomic E-state index is 0.296. The minimum Gasteiger partial charge on any atom is -0.392 e. The summed E-state index contributed by atoms with van der Waals surface area (Å²) in [7, 11) is 3.53. The van der Waals surface area contributed by atoms with Crippen LogP contribution in [-0.2, 0) is 10.2 Å². The Balaban J connectivity index is -0.000000429. The van der Waals surface area contributed by atoms with Gasteiger partial charge < -0.3 is 26.4 Å². The SMILES string of the molecule is C=C.CC.CC.CC(O)CNc1ccccc1.CCCC.CCN(C)CCCCC(C(=O)NCC(F)(F)F)(c1ccccc1)c1ccccc1C.CN. The molecule has 0 aliphatic heterocycles. The van der Waals surface area contributed by atoms with E-state index in [9.17, 15) is 18.0 Å². The molecule has 53 heavy (non-hydrogen) atoms. The predicted octanol–water partition coefficient (Wildman–Crippen LogP) is 10.8. The van der Waals surface area contributed by atoms with E-state index in [-0.39, 0.29) is 6.10 Å².